The van der Waals surface area contributed by atoms with E-state index < -0.39 is 39.9 Å². The smallest absolute Gasteiger partial charge is 0.330 e. The molecular weight excluding hydrogens is 290 g/mol. The van der Waals surface area contributed by atoms with Crippen molar-refractivity contribution in [2.75, 3.05) is 31.8 Å². The van der Waals surface area contributed by atoms with E-state index in [2.05, 4.69) is 4.74 Å². The fraction of sp³-hybridized carbons (Fsp3) is 0.417. The molecule has 7 nitrogen and oxygen atoms in total. The number of anilines is 1. The number of rotatable bonds is 3. The SMILES string of the molecule is COC(=O)C1COCCN1c1c(F)cc([N+](=O)[O-])cc1F. The van der Waals surface area contributed by atoms with Crippen molar-refractivity contribution in [3.8, 4) is 0 Å². The van der Waals surface area contributed by atoms with Crippen LogP contribution in [0.15, 0.2) is 12.1 Å². The molecule has 1 aliphatic heterocycles. The minimum absolute atomic E-state index is 0.0609. The van der Waals surface area contributed by atoms with E-state index in [1.54, 1.807) is 0 Å². The number of ether oxygens (including phenoxy) is 2. The van der Waals surface area contributed by atoms with Crippen molar-refractivity contribution in [1.82, 2.24) is 0 Å². The van der Waals surface area contributed by atoms with Crippen LogP contribution >= 0.6 is 0 Å². The molecule has 0 spiro atoms. The maximum absolute atomic E-state index is 14.0. The fourth-order valence-corrected chi connectivity index (χ4v) is 2.13. The topological polar surface area (TPSA) is 81.9 Å². The van der Waals surface area contributed by atoms with Gasteiger partial charge in [-0.05, 0) is 0 Å². The molecule has 1 aromatic rings. The van der Waals surface area contributed by atoms with Crippen molar-refractivity contribution in [1.29, 1.82) is 0 Å². The highest BCUT2D eigenvalue weighted by atomic mass is 19.1. The zero-order chi connectivity index (χ0) is 15.6. The standard InChI is InChI=1S/C12H12F2N2O5/c1-20-12(17)10-6-21-3-2-15(10)11-8(13)4-7(16(18)19)5-9(11)14/h4-5,10H,2-3,6H2,1H3. The quantitative estimate of drug-likeness (QED) is 0.475. The summed E-state index contributed by atoms with van der Waals surface area (Å²) in [6.07, 6.45) is 0. The molecule has 0 aliphatic carbocycles. The second-order valence-corrected chi connectivity index (χ2v) is 4.32. The Hall–Kier alpha value is -2.29. The van der Waals surface area contributed by atoms with E-state index in [1.807, 2.05) is 0 Å². The zero-order valence-electron chi connectivity index (χ0n) is 11.0. The number of halogens is 2. The maximum atomic E-state index is 14.0. The first kappa shape index (κ1) is 15.1. The summed E-state index contributed by atoms with van der Waals surface area (Å²) in [5, 5.41) is 10.6. The van der Waals surface area contributed by atoms with Gasteiger partial charge >= 0.3 is 5.97 Å². The van der Waals surface area contributed by atoms with Crippen LogP contribution in [0, 0.1) is 21.7 Å². The van der Waals surface area contributed by atoms with Crippen LogP contribution in [-0.2, 0) is 14.3 Å². The van der Waals surface area contributed by atoms with Gasteiger partial charge in [-0.3, -0.25) is 10.1 Å². The van der Waals surface area contributed by atoms with E-state index in [0.717, 1.165) is 12.0 Å². The molecule has 1 aliphatic rings. The molecule has 9 heteroatoms. The minimum Gasteiger partial charge on any atom is -0.467 e. The van der Waals surface area contributed by atoms with E-state index in [-0.39, 0.29) is 19.8 Å². The molecule has 1 atom stereocenters. The van der Waals surface area contributed by atoms with Gasteiger partial charge in [-0.1, -0.05) is 0 Å². The highest BCUT2D eigenvalue weighted by Crippen LogP contribution is 2.30. The summed E-state index contributed by atoms with van der Waals surface area (Å²) in [7, 11) is 1.15. The van der Waals surface area contributed by atoms with Gasteiger partial charge in [-0.15, -0.1) is 0 Å². The third kappa shape index (κ3) is 2.92. The highest BCUT2D eigenvalue weighted by molar-refractivity contribution is 5.80. The zero-order valence-corrected chi connectivity index (χ0v) is 11.0. The molecule has 1 unspecified atom stereocenters. The van der Waals surface area contributed by atoms with Gasteiger partial charge in [-0.2, -0.15) is 0 Å². The van der Waals surface area contributed by atoms with Crippen molar-refractivity contribution < 1.29 is 28.0 Å². The largest absolute Gasteiger partial charge is 0.467 e. The number of morpholine rings is 1. The Balaban J connectivity index is 2.43. The Bertz CT molecular complexity index is 558. The normalized spacial score (nSPS) is 18.4. The third-order valence-corrected chi connectivity index (χ3v) is 3.10. The number of non-ortho nitro benzene ring substituents is 1. The predicted molar refractivity (Wildman–Crippen MR) is 67.0 cm³/mol. The number of nitro groups is 1. The first-order valence-corrected chi connectivity index (χ1v) is 6.01. The number of carbonyl (C=O) groups is 1. The van der Waals surface area contributed by atoms with Crippen LogP contribution in [0.25, 0.3) is 0 Å². The lowest BCUT2D eigenvalue weighted by molar-refractivity contribution is -0.385. The van der Waals surface area contributed by atoms with Gasteiger partial charge in [0.05, 0.1) is 37.4 Å². The van der Waals surface area contributed by atoms with Crippen LogP contribution in [0.2, 0.25) is 0 Å². The summed E-state index contributed by atoms with van der Waals surface area (Å²) in [6.45, 7) is 0.150. The molecule has 0 amide bonds. The number of nitro benzene ring substituents is 1. The first-order valence-electron chi connectivity index (χ1n) is 6.01. The number of nitrogens with zero attached hydrogens (tertiary/aromatic N) is 2. The summed E-state index contributed by atoms with van der Waals surface area (Å²) in [4.78, 5) is 22.5. The van der Waals surface area contributed by atoms with Gasteiger partial charge < -0.3 is 14.4 Å². The number of hydrogen-bond acceptors (Lipinski definition) is 6. The number of hydrogen-bond donors (Lipinski definition) is 0. The van der Waals surface area contributed by atoms with Crippen molar-refractivity contribution in [3.05, 3.63) is 33.9 Å². The summed E-state index contributed by atoms with van der Waals surface area (Å²) < 4.78 is 37.7. The monoisotopic (exact) mass is 302 g/mol. The molecule has 114 valence electrons. The molecule has 1 aromatic carbocycles. The second kappa shape index (κ2) is 6.00. The molecule has 2 rings (SSSR count). The van der Waals surface area contributed by atoms with Crippen molar-refractivity contribution in [2.24, 2.45) is 0 Å². The Morgan fingerprint density at radius 3 is 2.62 bits per heavy atom. The number of methoxy groups -OCH3 is 1. The minimum atomic E-state index is -1.11. The van der Waals surface area contributed by atoms with Crippen LogP contribution in [-0.4, -0.2) is 43.8 Å². The van der Waals surface area contributed by atoms with Gasteiger partial charge in [0.2, 0.25) is 0 Å². The molecule has 1 saturated heterocycles. The van der Waals surface area contributed by atoms with E-state index in [0.29, 0.717) is 12.1 Å². The summed E-state index contributed by atoms with van der Waals surface area (Å²) in [6, 6.07) is 0.221. The Labute approximate surface area is 118 Å². The van der Waals surface area contributed by atoms with Crippen molar-refractivity contribution in [2.45, 2.75) is 6.04 Å². The van der Waals surface area contributed by atoms with Gasteiger partial charge in [0.1, 0.15) is 5.69 Å². The molecule has 0 bridgehead atoms. The lowest BCUT2D eigenvalue weighted by atomic mass is 10.1. The summed E-state index contributed by atoms with van der Waals surface area (Å²) >= 11 is 0. The van der Waals surface area contributed by atoms with Crippen molar-refractivity contribution >= 4 is 17.3 Å². The molecule has 1 heterocycles. The van der Waals surface area contributed by atoms with Crippen LogP contribution in [0.5, 0.6) is 0 Å². The van der Waals surface area contributed by atoms with E-state index in [9.17, 15) is 23.7 Å². The van der Waals surface area contributed by atoms with Gasteiger partial charge in [0, 0.05) is 6.54 Å². The lowest BCUT2D eigenvalue weighted by Gasteiger charge is -2.35. The van der Waals surface area contributed by atoms with Gasteiger partial charge in [0.15, 0.2) is 17.7 Å². The Morgan fingerprint density at radius 1 is 1.48 bits per heavy atom. The average molecular weight is 302 g/mol. The number of benzene rings is 1. The first-order chi connectivity index (χ1) is 9.95. The Morgan fingerprint density at radius 2 is 2.10 bits per heavy atom. The molecule has 1 fully saturated rings. The fourth-order valence-electron chi connectivity index (χ4n) is 2.13. The summed E-state index contributed by atoms with van der Waals surface area (Å²) in [5.74, 6) is -2.93. The predicted octanol–water partition coefficient (Wildman–Crippen LogP) is 1.25. The second-order valence-electron chi connectivity index (χ2n) is 4.32. The third-order valence-electron chi connectivity index (χ3n) is 3.10. The van der Waals surface area contributed by atoms with Crippen molar-refractivity contribution in [3.63, 3.8) is 0 Å². The van der Waals surface area contributed by atoms with Crippen LogP contribution in [0.4, 0.5) is 20.2 Å². The maximum Gasteiger partial charge on any atom is 0.330 e. The van der Waals surface area contributed by atoms with Gasteiger partial charge in [-0.25, -0.2) is 13.6 Å². The molecular formula is C12H12F2N2O5. The van der Waals surface area contributed by atoms with Gasteiger partial charge in [0.25, 0.3) is 5.69 Å². The highest BCUT2D eigenvalue weighted by Gasteiger charge is 2.34. The lowest BCUT2D eigenvalue weighted by Crippen LogP contribution is -2.51. The average Bonchev–Trinajstić information content (AvgIpc) is 2.46. The van der Waals surface area contributed by atoms with Crippen LogP contribution in [0.3, 0.4) is 0 Å². The molecule has 0 saturated carbocycles. The van der Waals surface area contributed by atoms with E-state index in [4.69, 9.17) is 4.74 Å². The molecule has 0 aromatic heterocycles. The molecule has 21 heavy (non-hydrogen) atoms. The summed E-state index contributed by atoms with van der Waals surface area (Å²) in [5.41, 5.74) is -1.20. The Kier molecular flexibility index (Phi) is 4.32. The molecule has 0 N–H and O–H groups in total. The molecule has 0 radical (unpaired) electrons. The van der Waals surface area contributed by atoms with Crippen LogP contribution < -0.4 is 4.90 Å². The van der Waals surface area contributed by atoms with E-state index in [1.165, 1.54) is 0 Å². The van der Waals surface area contributed by atoms with E-state index >= 15 is 0 Å². The number of esters is 1. The number of carbonyl (C=O) groups excluding carboxylic acids is 1. The van der Waals surface area contributed by atoms with Crippen LogP contribution in [0.1, 0.15) is 0 Å².